The molecule has 1 heterocycles. The minimum absolute atomic E-state index is 0.0766. The van der Waals surface area contributed by atoms with Crippen molar-refractivity contribution in [1.82, 2.24) is 9.97 Å². The third-order valence-electron chi connectivity index (χ3n) is 2.05. The average molecular weight is 221 g/mol. The molecule has 1 N–H and O–H groups in total. The molecule has 0 fully saturated rings. The highest BCUT2D eigenvalue weighted by molar-refractivity contribution is 6.30. The van der Waals surface area contributed by atoms with E-state index in [-0.39, 0.29) is 5.78 Å². The second kappa shape index (κ2) is 3.87. The van der Waals surface area contributed by atoms with Gasteiger partial charge in [0.15, 0.2) is 0 Å². The third kappa shape index (κ3) is 2.07. The van der Waals surface area contributed by atoms with Gasteiger partial charge < -0.3 is 4.98 Å². The summed E-state index contributed by atoms with van der Waals surface area (Å²) in [6, 6.07) is 6.78. The number of nitrogens with one attached hydrogen (secondary N) is 1. The van der Waals surface area contributed by atoms with Crippen molar-refractivity contribution in [1.29, 1.82) is 0 Å². The van der Waals surface area contributed by atoms with E-state index in [0.29, 0.717) is 16.3 Å². The maximum absolute atomic E-state index is 11.9. The van der Waals surface area contributed by atoms with Gasteiger partial charge in [-0.25, -0.2) is 4.98 Å². The number of rotatable bonds is 2. The minimum atomic E-state index is -0.0766. The number of hydrogen-bond acceptors (Lipinski definition) is 2. The summed E-state index contributed by atoms with van der Waals surface area (Å²) in [5.74, 6) is 0.652. The Hall–Kier alpha value is -1.61. The van der Waals surface area contributed by atoms with Crippen LogP contribution in [0.25, 0.3) is 0 Å². The Morgan fingerprint density at radius 2 is 2.00 bits per heavy atom. The summed E-state index contributed by atoms with van der Waals surface area (Å²) in [4.78, 5) is 18.7. The fourth-order valence-electron chi connectivity index (χ4n) is 1.29. The first-order chi connectivity index (χ1) is 7.16. The molecule has 1 aromatic heterocycles. The van der Waals surface area contributed by atoms with Crippen molar-refractivity contribution in [3.63, 3.8) is 0 Å². The van der Waals surface area contributed by atoms with E-state index in [9.17, 15) is 4.79 Å². The number of imidazole rings is 1. The predicted molar refractivity (Wildman–Crippen MR) is 58.2 cm³/mol. The van der Waals surface area contributed by atoms with Crippen molar-refractivity contribution < 1.29 is 4.79 Å². The predicted octanol–water partition coefficient (Wildman–Crippen LogP) is 2.60. The normalized spacial score (nSPS) is 10.3. The van der Waals surface area contributed by atoms with Crippen LogP contribution in [0.2, 0.25) is 5.02 Å². The van der Waals surface area contributed by atoms with Gasteiger partial charge in [-0.15, -0.1) is 0 Å². The molecule has 0 bridgehead atoms. The molecule has 15 heavy (non-hydrogen) atoms. The Morgan fingerprint density at radius 1 is 1.33 bits per heavy atom. The van der Waals surface area contributed by atoms with Crippen LogP contribution in [0.1, 0.15) is 21.9 Å². The standard InChI is InChI=1S/C11H9ClN2O/c1-7-13-6-10(14-7)11(15)8-2-4-9(12)5-3-8/h2-6H,1H3,(H,13,14). The molecular formula is C11H9ClN2O. The lowest BCUT2D eigenvalue weighted by Gasteiger charge is -1.97. The first-order valence-electron chi connectivity index (χ1n) is 4.48. The van der Waals surface area contributed by atoms with Gasteiger partial charge in [-0.3, -0.25) is 4.79 Å². The number of benzene rings is 1. The maximum Gasteiger partial charge on any atom is 0.210 e. The molecule has 4 heteroatoms. The van der Waals surface area contributed by atoms with Crippen LogP contribution in [0.3, 0.4) is 0 Å². The molecule has 0 saturated heterocycles. The molecule has 0 atom stereocenters. The topological polar surface area (TPSA) is 45.8 Å². The first-order valence-corrected chi connectivity index (χ1v) is 4.86. The van der Waals surface area contributed by atoms with Crippen LogP contribution in [0.4, 0.5) is 0 Å². The molecule has 0 aliphatic carbocycles. The van der Waals surface area contributed by atoms with E-state index in [2.05, 4.69) is 9.97 Å². The van der Waals surface area contributed by atoms with Crippen molar-refractivity contribution in [3.05, 3.63) is 52.6 Å². The number of aryl methyl sites for hydroxylation is 1. The fraction of sp³-hybridized carbons (Fsp3) is 0.0909. The highest BCUT2D eigenvalue weighted by atomic mass is 35.5. The van der Waals surface area contributed by atoms with Crippen molar-refractivity contribution >= 4 is 17.4 Å². The lowest BCUT2D eigenvalue weighted by molar-refractivity contribution is 0.103. The quantitative estimate of drug-likeness (QED) is 0.791. The van der Waals surface area contributed by atoms with E-state index in [1.54, 1.807) is 31.2 Å². The molecular weight excluding hydrogens is 212 g/mol. The van der Waals surface area contributed by atoms with Crippen molar-refractivity contribution in [2.45, 2.75) is 6.92 Å². The highest BCUT2D eigenvalue weighted by Gasteiger charge is 2.10. The largest absolute Gasteiger partial charge is 0.340 e. The molecule has 2 rings (SSSR count). The van der Waals surface area contributed by atoms with E-state index in [1.807, 2.05) is 0 Å². The summed E-state index contributed by atoms with van der Waals surface area (Å²) < 4.78 is 0. The fourth-order valence-corrected chi connectivity index (χ4v) is 1.42. The van der Waals surface area contributed by atoms with E-state index in [0.717, 1.165) is 5.82 Å². The number of aromatic amines is 1. The van der Waals surface area contributed by atoms with Gasteiger partial charge in [0, 0.05) is 10.6 Å². The zero-order valence-electron chi connectivity index (χ0n) is 8.12. The molecule has 1 aromatic carbocycles. The van der Waals surface area contributed by atoms with Crippen LogP contribution in [0.5, 0.6) is 0 Å². The Morgan fingerprint density at radius 3 is 2.53 bits per heavy atom. The van der Waals surface area contributed by atoms with Crippen molar-refractivity contribution in [2.75, 3.05) is 0 Å². The van der Waals surface area contributed by atoms with Crippen molar-refractivity contribution in [2.24, 2.45) is 0 Å². The molecule has 3 nitrogen and oxygen atoms in total. The lowest BCUT2D eigenvalue weighted by Crippen LogP contribution is -2.01. The molecule has 0 saturated carbocycles. The van der Waals surface area contributed by atoms with Gasteiger partial charge in [0.2, 0.25) is 5.78 Å². The van der Waals surface area contributed by atoms with Gasteiger partial charge in [0.1, 0.15) is 11.5 Å². The molecule has 0 radical (unpaired) electrons. The summed E-state index contributed by atoms with van der Waals surface area (Å²) in [6.45, 7) is 1.80. The van der Waals surface area contributed by atoms with Crippen LogP contribution >= 0.6 is 11.6 Å². The van der Waals surface area contributed by atoms with E-state index in [4.69, 9.17) is 11.6 Å². The van der Waals surface area contributed by atoms with E-state index < -0.39 is 0 Å². The second-order valence-corrected chi connectivity index (χ2v) is 3.65. The number of H-pyrrole nitrogens is 1. The molecule has 0 aliphatic heterocycles. The monoisotopic (exact) mass is 220 g/mol. The smallest absolute Gasteiger partial charge is 0.210 e. The Labute approximate surface area is 92.1 Å². The van der Waals surface area contributed by atoms with Gasteiger partial charge in [-0.1, -0.05) is 11.6 Å². The van der Waals surface area contributed by atoms with E-state index >= 15 is 0 Å². The molecule has 76 valence electrons. The van der Waals surface area contributed by atoms with Crippen LogP contribution in [-0.4, -0.2) is 15.8 Å². The van der Waals surface area contributed by atoms with Crippen LogP contribution in [-0.2, 0) is 0 Å². The zero-order valence-corrected chi connectivity index (χ0v) is 8.88. The zero-order chi connectivity index (χ0) is 10.8. The summed E-state index contributed by atoms with van der Waals surface area (Å²) >= 11 is 5.74. The van der Waals surface area contributed by atoms with Gasteiger partial charge in [-0.2, -0.15) is 0 Å². The number of ketones is 1. The van der Waals surface area contributed by atoms with Gasteiger partial charge >= 0.3 is 0 Å². The number of nitrogens with zero attached hydrogens (tertiary/aromatic N) is 1. The van der Waals surface area contributed by atoms with Crippen LogP contribution in [0.15, 0.2) is 30.5 Å². The van der Waals surface area contributed by atoms with Gasteiger partial charge in [0.25, 0.3) is 0 Å². The Kier molecular flexibility index (Phi) is 2.56. The number of aromatic nitrogens is 2. The Balaban J connectivity index is 2.32. The van der Waals surface area contributed by atoms with Gasteiger partial charge in [-0.05, 0) is 31.2 Å². The summed E-state index contributed by atoms with van der Waals surface area (Å²) in [7, 11) is 0. The minimum Gasteiger partial charge on any atom is -0.340 e. The molecule has 0 amide bonds. The maximum atomic E-state index is 11.9. The van der Waals surface area contributed by atoms with Crippen LogP contribution in [0, 0.1) is 6.92 Å². The number of hydrogen-bond donors (Lipinski definition) is 1. The van der Waals surface area contributed by atoms with Gasteiger partial charge in [0.05, 0.1) is 6.20 Å². The summed E-state index contributed by atoms with van der Waals surface area (Å²) in [6.07, 6.45) is 1.53. The number of carbonyl (C=O) groups is 1. The second-order valence-electron chi connectivity index (χ2n) is 3.22. The summed E-state index contributed by atoms with van der Waals surface area (Å²) in [5, 5.41) is 0.618. The van der Waals surface area contributed by atoms with Crippen LogP contribution < -0.4 is 0 Å². The van der Waals surface area contributed by atoms with E-state index in [1.165, 1.54) is 6.20 Å². The molecule has 2 aromatic rings. The summed E-state index contributed by atoms with van der Waals surface area (Å²) in [5.41, 5.74) is 1.10. The lowest BCUT2D eigenvalue weighted by atomic mass is 10.1. The molecule has 0 aliphatic rings. The molecule has 0 spiro atoms. The molecule has 0 unspecified atom stereocenters. The third-order valence-corrected chi connectivity index (χ3v) is 2.31. The number of carbonyl (C=O) groups excluding carboxylic acids is 1. The highest BCUT2D eigenvalue weighted by Crippen LogP contribution is 2.12. The SMILES string of the molecule is Cc1ncc(C(=O)c2ccc(Cl)cc2)[nH]1. The number of halogens is 1. The van der Waals surface area contributed by atoms with Crippen molar-refractivity contribution in [3.8, 4) is 0 Å². The average Bonchev–Trinajstić information content (AvgIpc) is 2.65. The first kappa shape index (κ1) is 9.93. The Bertz CT molecular complexity index is 488.